The first-order chi connectivity index (χ1) is 14.3. The molecule has 1 aliphatic heterocycles. The molecule has 1 aromatic rings. The predicted molar refractivity (Wildman–Crippen MR) is 112 cm³/mol. The minimum Gasteiger partial charge on any atom is -1.00 e. The maximum absolute atomic E-state index is 12.2. The topological polar surface area (TPSA) is 113 Å². The summed E-state index contributed by atoms with van der Waals surface area (Å²) in [5.41, 5.74) is 2.10. The Bertz CT molecular complexity index is 746. The summed E-state index contributed by atoms with van der Waals surface area (Å²) in [5.74, 6) is 0.214. The predicted octanol–water partition coefficient (Wildman–Crippen LogP) is -2.81. The van der Waals surface area contributed by atoms with E-state index in [2.05, 4.69) is 5.32 Å². The van der Waals surface area contributed by atoms with Gasteiger partial charge < -0.3 is 36.8 Å². The van der Waals surface area contributed by atoms with Crippen LogP contribution in [-0.4, -0.2) is 84.8 Å². The number of piperazine rings is 1. The molecule has 2 rings (SSSR count). The Balaban J connectivity index is 0.00000212. The molecule has 1 heterocycles. The fraction of sp³-hybridized carbons (Fsp3) is 0.500. The van der Waals surface area contributed by atoms with Crippen molar-refractivity contribution >= 4 is 35.0 Å². The molecule has 1 N–H and O–H groups in total. The molecule has 0 aromatic heterocycles. The Morgan fingerprint density at radius 2 is 1.55 bits per heavy atom. The molecule has 0 saturated carbocycles. The van der Waals surface area contributed by atoms with Crippen molar-refractivity contribution in [3.63, 3.8) is 0 Å². The first-order valence-corrected chi connectivity index (χ1v) is 11.5. The summed E-state index contributed by atoms with van der Waals surface area (Å²) in [7, 11) is 0.0125. The summed E-state index contributed by atoms with van der Waals surface area (Å²) < 4.78 is 5.35. The summed E-state index contributed by atoms with van der Waals surface area (Å²) in [4.78, 5) is 55.5. The van der Waals surface area contributed by atoms with Crippen LogP contribution in [0.2, 0.25) is 0 Å². The van der Waals surface area contributed by atoms with Gasteiger partial charge in [0, 0.05) is 26.2 Å². The first-order valence-electron chi connectivity index (χ1n) is 9.32. The van der Waals surface area contributed by atoms with E-state index in [1.165, 1.54) is 0 Å². The maximum Gasteiger partial charge on any atom is 0.410 e. The van der Waals surface area contributed by atoms with Gasteiger partial charge in [-0.05, 0) is 23.4 Å². The zero-order chi connectivity index (χ0) is 22.5. The number of nitrogens with zero attached hydrogens (tertiary/aromatic N) is 2. The highest BCUT2D eigenvalue weighted by Gasteiger charge is 2.25. The lowest BCUT2D eigenvalue weighted by atomic mass is 10.2. The van der Waals surface area contributed by atoms with Crippen LogP contribution >= 0.6 is 0 Å². The lowest BCUT2D eigenvalue weighted by Gasteiger charge is -2.34. The number of rotatable bonds is 6. The monoisotopic (exact) mass is 517 g/mol. The zero-order valence-electron chi connectivity index (χ0n) is 17.9. The van der Waals surface area contributed by atoms with Gasteiger partial charge in [-0.15, -0.1) is 0 Å². The van der Waals surface area contributed by atoms with Crippen LogP contribution in [0.25, 0.3) is 0 Å². The highest BCUT2D eigenvalue weighted by atomic mass is 79.9. The molecule has 1 aliphatic rings. The van der Waals surface area contributed by atoms with E-state index in [0.717, 1.165) is 11.1 Å². The molecule has 0 unspecified atom stereocenters. The van der Waals surface area contributed by atoms with Crippen molar-refractivity contribution in [3.05, 3.63) is 35.4 Å². The van der Waals surface area contributed by atoms with Crippen LogP contribution in [0.15, 0.2) is 24.3 Å². The van der Waals surface area contributed by atoms with Crippen molar-refractivity contribution < 1.29 is 45.7 Å². The van der Waals surface area contributed by atoms with E-state index in [4.69, 9.17) is 14.3 Å². The first kappa shape index (κ1) is 28.6. The van der Waals surface area contributed by atoms with E-state index in [1.54, 1.807) is 9.80 Å². The number of ether oxygens (including phenoxy) is 1. The van der Waals surface area contributed by atoms with E-state index >= 15 is 0 Å². The van der Waals surface area contributed by atoms with Gasteiger partial charge in [0.2, 0.25) is 5.91 Å². The molecular weight excluding hydrogens is 490 g/mol. The van der Waals surface area contributed by atoms with Crippen LogP contribution in [0.1, 0.15) is 11.1 Å². The molecule has 0 aliphatic carbocycles. The summed E-state index contributed by atoms with van der Waals surface area (Å²) in [6, 6.07) is 7.84. The van der Waals surface area contributed by atoms with E-state index in [1.807, 2.05) is 43.7 Å². The van der Waals surface area contributed by atoms with Gasteiger partial charge in [0.15, 0.2) is 5.75 Å². The summed E-state index contributed by atoms with van der Waals surface area (Å²) in [6.45, 7) is 4.00. The van der Waals surface area contributed by atoms with Crippen molar-refractivity contribution in [2.24, 2.45) is 0 Å². The van der Waals surface area contributed by atoms with E-state index in [9.17, 15) is 14.4 Å². The second-order valence-corrected chi connectivity index (χ2v) is 9.16. The fourth-order valence-electron chi connectivity index (χ4n) is 2.66. The van der Waals surface area contributed by atoms with Gasteiger partial charge in [0.25, 0.3) is 5.91 Å². The standard InChI is InChI=1S/C19H27N3O4S.CO2.BrH/c1-15-4-6-16(7-5-15)13-26-19(25)22-10-8-21(9-11-22)18(24)12-20-17(23)14-27(2)3;2-1-3;/h4-7H,8-14H2,1-3H3;;1H. The Labute approximate surface area is 195 Å². The molecule has 3 amide bonds. The van der Waals surface area contributed by atoms with Crippen molar-refractivity contribution in [1.29, 1.82) is 0 Å². The number of halogens is 1. The second-order valence-electron chi connectivity index (χ2n) is 6.90. The van der Waals surface area contributed by atoms with Gasteiger partial charge in [-0.3, -0.25) is 9.59 Å². The summed E-state index contributed by atoms with van der Waals surface area (Å²) >= 11 is 0. The Kier molecular flexibility index (Phi) is 14.3. The average Bonchev–Trinajstić information content (AvgIpc) is 2.71. The van der Waals surface area contributed by atoms with Crippen LogP contribution in [0, 0.1) is 6.92 Å². The molecule has 9 nitrogen and oxygen atoms in total. The fourth-order valence-corrected chi connectivity index (χ4v) is 3.28. The molecule has 1 aromatic carbocycles. The normalized spacial score (nSPS) is 12.6. The molecule has 31 heavy (non-hydrogen) atoms. The van der Waals surface area contributed by atoms with Gasteiger partial charge in [-0.25, -0.2) is 4.79 Å². The zero-order valence-corrected chi connectivity index (χ0v) is 20.3. The minimum absolute atomic E-state index is 0. The molecule has 11 heteroatoms. The SMILES string of the molecule is Cc1ccc(COC(=O)N2CCN(C(=O)CNC(=O)C[S+](C)C)CC2)cc1.O=C=O.[Br-]. The largest absolute Gasteiger partial charge is 1.00 e. The van der Waals surface area contributed by atoms with E-state index in [0.29, 0.717) is 31.9 Å². The van der Waals surface area contributed by atoms with Gasteiger partial charge in [0.1, 0.15) is 6.61 Å². The number of hydrogen-bond donors (Lipinski definition) is 1. The van der Waals surface area contributed by atoms with Crippen LogP contribution < -0.4 is 22.3 Å². The molecule has 0 spiro atoms. The van der Waals surface area contributed by atoms with Crippen LogP contribution in [0.3, 0.4) is 0 Å². The van der Waals surface area contributed by atoms with Gasteiger partial charge in [0.05, 0.1) is 19.1 Å². The third-order valence-electron chi connectivity index (χ3n) is 4.23. The Hall–Kier alpha value is -2.36. The van der Waals surface area contributed by atoms with Crippen molar-refractivity contribution in [1.82, 2.24) is 15.1 Å². The number of hydrogen-bond acceptors (Lipinski definition) is 6. The number of aryl methyl sites for hydroxylation is 1. The molecular formula is C20H28BrN3O6S. The quantitative estimate of drug-likeness (QED) is 0.407. The maximum atomic E-state index is 12.2. The van der Waals surface area contributed by atoms with Crippen molar-refractivity contribution in [2.75, 3.05) is 51.0 Å². The number of benzene rings is 1. The third-order valence-corrected chi connectivity index (χ3v) is 5.07. The third kappa shape index (κ3) is 11.6. The molecule has 1 saturated heterocycles. The van der Waals surface area contributed by atoms with Crippen molar-refractivity contribution in [2.45, 2.75) is 13.5 Å². The summed E-state index contributed by atoms with van der Waals surface area (Å²) in [6.07, 6.45) is 3.85. The lowest BCUT2D eigenvalue weighted by Crippen LogP contribution is -3.00. The van der Waals surface area contributed by atoms with Crippen LogP contribution in [0.4, 0.5) is 4.79 Å². The highest BCUT2D eigenvalue weighted by molar-refractivity contribution is 7.96. The number of carbonyl (C=O) groups is 3. The number of amides is 3. The average molecular weight is 518 g/mol. The van der Waals surface area contributed by atoms with Crippen LogP contribution in [0.5, 0.6) is 0 Å². The van der Waals surface area contributed by atoms with E-state index < -0.39 is 0 Å². The molecule has 0 bridgehead atoms. The molecule has 0 atom stereocenters. The van der Waals surface area contributed by atoms with Gasteiger partial charge >= 0.3 is 12.2 Å². The highest BCUT2D eigenvalue weighted by Crippen LogP contribution is 2.08. The minimum atomic E-state index is -0.367. The second kappa shape index (κ2) is 15.4. The lowest BCUT2D eigenvalue weighted by molar-refractivity contribution is -0.191. The number of nitrogens with one attached hydrogen (secondary N) is 1. The molecule has 1 fully saturated rings. The van der Waals surface area contributed by atoms with Gasteiger partial charge in [-0.2, -0.15) is 9.59 Å². The number of carbonyl (C=O) groups excluding carboxylic acids is 5. The van der Waals surface area contributed by atoms with E-state index in [-0.39, 0.29) is 65.1 Å². The smallest absolute Gasteiger partial charge is 0.410 e. The molecule has 0 radical (unpaired) electrons. The van der Waals surface area contributed by atoms with Crippen molar-refractivity contribution in [3.8, 4) is 0 Å². The van der Waals surface area contributed by atoms with Gasteiger partial charge in [-0.1, -0.05) is 29.8 Å². The Morgan fingerprint density at radius 3 is 2.06 bits per heavy atom. The summed E-state index contributed by atoms with van der Waals surface area (Å²) in [5, 5.41) is 2.66. The molecule has 172 valence electrons. The van der Waals surface area contributed by atoms with Crippen LogP contribution in [-0.2, 0) is 41.4 Å². The Morgan fingerprint density at radius 1 is 1.03 bits per heavy atom.